The lowest BCUT2D eigenvalue weighted by Crippen LogP contribution is -2.15. The van der Waals surface area contributed by atoms with Crippen molar-refractivity contribution in [2.24, 2.45) is 5.73 Å². The molecule has 0 aliphatic heterocycles. The summed E-state index contributed by atoms with van der Waals surface area (Å²) in [5.41, 5.74) is 6.24. The third-order valence-corrected chi connectivity index (χ3v) is 2.15. The van der Waals surface area contributed by atoms with Gasteiger partial charge in [0, 0.05) is 11.6 Å². The van der Waals surface area contributed by atoms with Crippen LogP contribution in [0.5, 0.6) is 5.75 Å². The molecule has 0 spiro atoms. The van der Waals surface area contributed by atoms with E-state index in [2.05, 4.69) is 0 Å². The molecular formula is C11H16FNO. The highest BCUT2D eigenvalue weighted by Gasteiger charge is 2.09. The van der Waals surface area contributed by atoms with E-state index in [1.807, 2.05) is 6.92 Å². The highest BCUT2D eigenvalue weighted by molar-refractivity contribution is 5.34. The number of nitrogens with two attached hydrogens (primary N) is 1. The van der Waals surface area contributed by atoms with Crippen LogP contribution in [0.2, 0.25) is 0 Å². The van der Waals surface area contributed by atoms with E-state index < -0.39 is 0 Å². The van der Waals surface area contributed by atoms with Gasteiger partial charge in [-0.2, -0.15) is 0 Å². The Bertz CT molecular complexity index is 299. The molecule has 0 saturated heterocycles. The summed E-state index contributed by atoms with van der Waals surface area (Å²) in [5.74, 6) is 0.385. The van der Waals surface area contributed by atoms with Crippen molar-refractivity contribution in [3.05, 3.63) is 29.6 Å². The zero-order chi connectivity index (χ0) is 10.6. The number of ether oxygens (including phenoxy) is 1. The minimum Gasteiger partial charge on any atom is -0.496 e. The quantitative estimate of drug-likeness (QED) is 0.802. The molecule has 0 aliphatic rings. The van der Waals surface area contributed by atoms with Crippen LogP contribution in [0.4, 0.5) is 4.39 Å². The zero-order valence-corrected chi connectivity index (χ0v) is 8.59. The molecule has 0 unspecified atom stereocenters. The van der Waals surface area contributed by atoms with E-state index in [1.165, 1.54) is 6.07 Å². The van der Waals surface area contributed by atoms with Crippen molar-refractivity contribution in [2.45, 2.75) is 25.8 Å². The Morgan fingerprint density at radius 2 is 2.21 bits per heavy atom. The normalized spacial score (nSPS) is 12.6. The number of halogens is 1. The molecule has 0 amide bonds. The van der Waals surface area contributed by atoms with Crippen molar-refractivity contribution >= 4 is 0 Å². The predicted octanol–water partition coefficient (Wildman–Crippen LogP) is 2.11. The van der Waals surface area contributed by atoms with Crippen LogP contribution in [0, 0.1) is 5.82 Å². The Morgan fingerprint density at radius 3 is 2.79 bits per heavy atom. The van der Waals surface area contributed by atoms with Crippen molar-refractivity contribution < 1.29 is 9.13 Å². The highest BCUT2D eigenvalue weighted by atomic mass is 19.1. The highest BCUT2D eigenvalue weighted by Crippen LogP contribution is 2.22. The number of benzene rings is 1. The monoisotopic (exact) mass is 197 g/mol. The summed E-state index contributed by atoms with van der Waals surface area (Å²) in [5, 5.41) is 0. The lowest BCUT2D eigenvalue weighted by molar-refractivity contribution is 0.403. The van der Waals surface area contributed by atoms with Crippen LogP contribution in [0.25, 0.3) is 0 Å². The molecule has 14 heavy (non-hydrogen) atoms. The van der Waals surface area contributed by atoms with Gasteiger partial charge in [0.25, 0.3) is 0 Å². The molecule has 1 atom stereocenters. The number of rotatable bonds is 4. The SMILES string of the molecule is COc1cccc(F)c1CC[C@H](C)N. The number of hydrogen-bond acceptors (Lipinski definition) is 2. The third-order valence-electron chi connectivity index (χ3n) is 2.15. The largest absolute Gasteiger partial charge is 0.496 e. The van der Waals surface area contributed by atoms with E-state index in [1.54, 1.807) is 19.2 Å². The maximum atomic E-state index is 13.4. The fourth-order valence-electron chi connectivity index (χ4n) is 1.34. The average Bonchev–Trinajstić information content (AvgIpc) is 2.15. The van der Waals surface area contributed by atoms with Crippen molar-refractivity contribution in [3.8, 4) is 5.75 Å². The van der Waals surface area contributed by atoms with Gasteiger partial charge in [-0.3, -0.25) is 0 Å². The molecule has 1 aromatic carbocycles. The molecule has 2 nitrogen and oxygen atoms in total. The third kappa shape index (κ3) is 2.70. The fourth-order valence-corrected chi connectivity index (χ4v) is 1.34. The summed E-state index contributed by atoms with van der Waals surface area (Å²) in [6, 6.07) is 4.93. The van der Waals surface area contributed by atoms with Crippen LogP contribution in [-0.2, 0) is 6.42 Å². The van der Waals surface area contributed by atoms with Gasteiger partial charge in [-0.25, -0.2) is 4.39 Å². The minimum absolute atomic E-state index is 0.0827. The van der Waals surface area contributed by atoms with Gasteiger partial charge >= 0.3 is 0 Å². The van der Waals surface area contributed by atoms with Gasteiger partial charge in [0.05, 0.1) is 7.11 Å². The molecule has 0 radical (unpaired) electrons. The molecule has 0 heterocycles. The molecule has 0 saturated carbocycles. The zero-order valence-electron chi connectivity index (χ0n) is 8.59. The van der Waals surface area contributed by atoms with Gasteiger partial charge in [-0.15, -0.1) is 0 Å². The molecule has 0 aliphatic carbocycles. The second-order valence-corrected chi connectivity index (χ2v) is 3.44. The van der Waals surface area contributed by atoms with E-state index in [9.17, 15) is 4.39 Å². The van der Waals surface area contributed by atoms with Gasteiger partial charge < -0.3 is 10.5 Å². The maximum Gasteiger partial charge on any atom is 0.130 e. The molecule has 0 bridgehead atoms. The van der Waals surface area contributed by atoms with E-state index in [0.717, 1.165) is 6.42 Å². The average molecular weight is 197 g/mol. The first-order valence-electron chi connectivity index (χ1n) is 4.72. The molecule has 0 fully saturated rings. The van der Waals surface area contributed by atoms with E-state index in [0.29, 0.717) is 17.7 Å². The van der Waals surface area contributed by atoms with Crippen molar-refractivity contribution in [2.75, 3.05) is 7.11 Å². The minimum atomic E-state index is -0.218. The topological polar surface area (TPSA) is 35.2 Å². The summed E-state index contributed by atoms with van der Waals surface area (Å²) < 4.78 is 18.4. The van der Waals surface area contributed by atoms with Gasteiger partial charge in [-0.05, 0) is 31.9 Å². The van der Waals surface area contributed by atoms with E-state index in [4.69, 9.17) is 10.5 Å². The fraction of sp³-hybridized carbons (Fsp3) is 0.455. The second-order valence-electron chi connectivity index (χ2n) is 3.44. The Morgan fingerprint density at radius 1 is 1.50 bits per heavy atom. The Hall–Kier alpha value is -1.09. The van der Waals surface area contributed by atoms with E-state index in [-0.39, 0.29) is 11.9 Å². The van der Waals surface area contributed by atoms with Crippen LogP contribution in [0.15, 0.2) is 18.2 Å². The summed E-state index contributed by atoms with van der Waals surface area (Å²) in [6.45, 7) is 1.91. The Kier molecular flexibility index (Phi) is 3.89. The lowest BCUT2D eigenvalue weighted by Gasteiger charge is -2.10. The number of hydrogen-bond donors (Lipinski definition) is 1. The van der Waals surface area contributed by atoms with Gasteiger partial charge in [0.1, 0.15) is 11.6 Å². The van der Waals surface area contributed by atoms with Crippen LogP contribution >= 0.6 is 0 Å². The molecular weight excluding hydrogens is 181 g/mol. The van der Waals surface area contributed by atoms with Crippen molar-refractivity contribution in [1.29, 1.82) is 0 Å². The van der Waals surface area contributed by atoms with Gasteiger partial charge in [-0.1, -0.05) is 6.07 Å². The molecule has 1 aromatic rings. The Balaban J connectivity index is 2.82. The molecule has 1 rings (SSSR count). The molecule has 78 valence electrons. The molecule has 2 N–H and O–H groups in total. The summed E-state index contributed by atoms with van der Waals surface area (Å²) in [6.07, 6.45) is 1.38. The van der Waals surface area contributed by atoms with E-state index >= 15 is 0 Å². The summed E-state index contributed by atoms with van der Waals surface area (Å²) in [4.78, 5) is 0. The van der Waals surface area contributed by atoms with Crippen LogP contribution in [-0.4, -0.2) is 13.2 Å². The van der Waals surface area contributed by atoms with Gasteiger partial charge in [0.2, 0.25) is 0 Å². The smallest absolute Gasteiger partial charge is 0.130 e. The lowest BCUT2D eigenvalue weighted by atomic mass is 10.1. The van der Waals surface area contributed by atoms with Crippen molar-refractivity contribution in [1.82, 2.24) is 0 Å². The van der Waals surface area contributed by atoms with Crippen LogP contribution in [0.1, 0.15) is 18.9 Å². The first kappa shape index (κ1) is 11.0. The molecule has 3 heteroatoms. The standard InChI is InChI=1S/C11H16FNO/c1-8(13)6-7-9-10(12)4-3-5-11(9)14-2/h3-5,8H,6-7,13H2,1-2H3/t8-/m0/s1. The summed E-state index contributed by atoms with van der Waals surface area (Å²) >= 11 is 0. The Labute approximate surface area is 83.9 Å². The van der Waals surface area contributed by atoms with Crippen LogP contribution in [0.3, 0.4) is 0 Å². The molecule has 0 aromatic heterocycles. The predicted molar refractivity (Wildman–Crippen MR) is 54.9 cm³/mol. The van der Waals surface area contributed by atoms with Crippen molar-refractivity contribution in [3.63, 3.8) is 0 Å². The number of methoxy groups -OCH3 is 1. The van der Waals surface area contributed by atoms with Crippen LogP contribution < -0.4 is 10.5 Å². The first-order chi connectivity index (χ1) is 6.65. The first-order valence-corrected chi connectivity index (χ1v) is 4.72. The summed E-state index contributed by atoms with van der Waals surface area (Å²) in [7, 11) is 1.55. The van der Waals surface area contributed by atoms with Gasteiger partial charge in [0.15, 0.2) is 0 Å². The second kappa shape index (κ2) is 4.96. The maximum absolute atomic E-state index is 13.4.